The van der Waals surface area contributed by atoms with Crippen LogP contribution in [0.4, 0.5) is 4.79 Å². The molecule has 6 heteroatoms. The molecule has 1 rings (SSSR count). The molecule has 0 saturated carbocycles. The van der Waals surface area contributed by atoms with Gasteiger partial charge in [-0.15, -0.1) is 0 Å². The Morgan fingerprint density at radius 1 is 1.27 bits per heavy atom. The van der Waals surface area contributed by atoms with Crippen LogP contribution < -0.4 is 5.32 Å². The molecule has 0 bridgehead atoms. The minimum atomic E-state index is -0.682. The van der Waals surface area contributed by atoms with Gasteiger partial charge in [0.2, 0.25) is 0 Å². The highest BCUT2D eigenvalue weighted by atomic mass is 16.7. The predicted octanol–water partition coefficient (Wildman–Crippen LogP) is 2.35. The van der Waals surface area contributed by atoms with E-state index in [9.17, 15) is 9.59 Å². The molecule has 0 saturated heterocycles. The largest absolute Gasteiger partial charge is 0.445 e. The lowest BCUT2D eigenvalue weighted by Gasteiger charge is -2.26. The molecule has 0 unspecified atom stereocenters. The molecule has 6 nitrogen and oxygen atoms in total. The van der Waals surface area contributed by atoms with Crippen LogP contribution in [0.2, 0.25) is 0 Å². The third kappa shape index (κ3) is 5.37. The number of carbonyl (C=O) groups is 2. The lowest BCUT2D eigenvalue weighted by molar-refractivity contribution is -0.172. The molecule has 0 fully saturated rings. The van der Waals surface area contributed by atoms with Gasteiger partial charge >= 0.3 is 6.09 Å². The van der Waals surface area contributed by atoms with Crippen molar-refractivity contribution in [3.05, 3.63) is 35.9 Å². The molecule has 0 aliphatic carbocycles. The molecule has 0 aliphatic heterocycles. The van der Waals surface area contributed by atoms with Crippen molar-refractivity contribution in [2.75, 3.05) is 14.2 Å². The Balaban J connectivity index is 2.61. The number of likely N-dealkylation sites (N-methyl/N-ethyl adjacent to an activating group) is 1. The summed E-state index contributed by atoms with van der Waals surface area (Å²) in [6, 6.07) is 8.68. The van der Waals surface area contributed by atoms with Gasteiger partial charge < -0.3 is 10.1 Å². The average Bonchev–Trinajstić information content (AvgIpc) is 2.56. The first-order chi connectivity index (χ1) is 10.5. The summed E-state index contributed by atoms with van der Waals surface area (Å²) in [4.78, 5) is 29.0. The highest BCUT2D eigenvalue weighted by molar-refractivity contribution is 5.85. The number of nitrogens with zero attached hydrogens (tertiary/aromatic N) is 1. The second-order valence-corrected chi connectivity index (χ2v) is 5.09. The SMILES string of the molecule is CC[C@@H](C)[C@@H](NC(=O)OCc1ccccc1)C(=O)N(C)OC. The van der Waals surface area contributed by atoms with Gasteiger partial charge in [0.25, 0.3) is 5.91 Å². The van der Waals surface area contributed by atoms with Gasteiger partial charge in [0.1, 0.15) is 12.6 Å². The highest BCUT2D eigenvalue weighted by Gasteiger charge is 2.29. The molecule has 0 radical (unpaired) electrons. The molecule has 22 heavy (non-hydrogen) atoms. The van der Waals surface area contributed by atoms with Gasteiger partial charge in [0, 0.05) is 7.05 Å². The molecule has 0 heterocycles. The third-order valence-electron chi connectivity index (χ3n) is 3.55. The highest BCUT2D eigenvalue weighted by Crippen LogP contribution is 2.11. The number of rotatable bonds is 7. The van der Waals surface area contributed by atoms with E-state index < -0.39 is 12.1 Å². The second kappa shape index (κ2) is 9.04. The Kier molecular flexibility index (Phi) is 7.39. The standard InChI is InChI=1S/C16H24N2O4/c1-5-12(2)14(15(19)18(3)21-4)17-16(20)22-11-13-9-7-6-8-10-13/h6-10,12,14H,5,11H2,1-4H3,(H,17,20)/t12-,14-/m1/s1. The van der Waals surface area contributed by atoms with Crippen LogP contribution in [0.25, 0.3) is 0 Å². The monoisotopic (exact) mass is 308 g/mol. The van der Waals surface area contributed by atoms with Crippen molar-refractivity contribution in [1.29, 1.82) is 0 Å². The molecule has 1 N–H and O–H groups in total. The van der Waals surface area contributed by atoms with E-state index in [1.54, 1.807) is 0 Å². The second-order valence-electron chi connectivity index (χ2n) is 5.09. The fourth-order valence-electron chi connectivity index (χ4n) is 1.86. The summed E-state index contributed by atoms with van der Waals surface area (Å²) >= 11 is 0. The minimum Gasteiger partial charge on any atom is -0.445 e. The number of hydrogen-bond donors (Lipinski definition) is 1. The van der Waals surface area contributed by atoms with E-state index in [0.717, 1.165) is 17.0 Å². The van der Waals surface area contributed by atoms with Gasteiger partial charge in [0.05, 0.1) is 7.11 Å². The topological polar surface area (TPSA) is 67.9 Å². The van der Waals surface area contributed by atoms with E-state index in [4.69, 9.17) is 9.57 Å². The van der Waals surface area contributed by atoms with E-state index in [0.29, 0.717) is 0 Å². The van der Waals surface area contributed by atoms with Crippen LogP contribution in [0.5, 0.6) is 0 Å². The van der Waals surface area contributed by atoms with Crippen molar-refractivity contribution in [2.24, 2.45) is 5.92 Å². The maximum Gasteiger partial charge on any atom is 0.408 e. The molecule has 0 spiro atoms. The maximum atomic E-state index is 12.2. The molecule has 0 aromatic heterocycles. The number of hydroxylamine groups is 2. The Labute approximate surface area is 131 Å². The van der Waals surface area contributed by atoms with Crippen LogP contribution in [0.3, 0.4) is 0 Å². The average molecular weight is 308 g/mol. The van der Waals surface area contributed by atoms with Crippen LogP contribution in [-0.2, 0) is 21.0 Å². The normalized spacial score (nSPS) is 13.1. The summed E-state index contributed by atoms with van der Waals surface area (Å²) in [6.45, 7) is 4.01. The molecule has 1 aromatic rings. The van der Waals surface area contributed by atoms with Gasteiger partial charge in [-0.1, -0.05) is 50.6 Å². The number of amides is 2. The number of nitrogens with one attached hydrogen (secondary N) is 1. The first-order valence-corrected chi connectivity index (χ1v) is 7.28. The molecular formula is C16H24N2O4. The lowest BCUT2D eigenvalue weighted by atomic mass is 9.98. The van der Waals surface area contributed by atoms with E-state index in [1.165, 1.54) is 14.2 Å². The quantitative estimate of drug-likeness (QED) is 0.785. The summed E-state index contributed by atoms with van der Waals surface area (Å²) in [5, 5.41) is 3.73. The van der Waals surface area contributed by atoms with Crippen molar-refractivity contribution in [3.63, 3.8) is 0 Å². The minimum absolute atomic E-state index is 0.0330. The zero-order valence-electron chi connectivity index (χ0n) is 13.5. The van der Waals surface area contributed by atoms with Crippen molar-refractivity contribution >= 4 is 12.0 Å². The third-order valence-corrected chi connectivity index (χ3v) is 3.55. The fourth-order valence-corrected chi connectivity index (χ4v) is 1.86. The number of hydrogen-bond acceptors (Lipinski definition) is 4. The zero-order chi connectivity index (χ0) is 16.5. The van der Waals surface area contributed by atoms with Crippen LogP contribution >= 0.6 is 0 Å². The van der Waals surface area contributed by atoms with Crippen molar-refractivity contribution in [1.82, 2.24) is 10.4 Å². The predicted molar refractivity (Wildman–Crippen MR) is 82.8 cm³/mol. The Bertz CT molecular complexity index is 478. The van der Waals surface area contributed by atoms with Gasteiger partial charge in [-0.3, -0.25) is 9.63 Å². The van der Waals surface area contributed by atoms with Gasteiger partial charge in [-0.2, -0.15) is 0 Å². The van der Waals surface area contributed by atoms with E-state index in [-0.39, 0.29) is 18.4 Å². The summed E-state index contributed by atoms with van der Waals surface area (Å²) < 4.78 is 5.16. The summed E-state index contributed by atoms with van der Waals surface area (Å²) in [5.74, 6) is -0.345. The number of carbonyl (C=O) groups excluding carboxylic acids is 2. The van der Waals surface area contributed by atoms with E-state index in [2.05, 4.69) is 5.32 Å². The lowest BCUT2D eigenvalue weighted by Crippen LogP contribution is -2.50. The van der Waals surface area contributed by atoms with E-state index >= 15 is 0 Å². The molecule has 2 amide bonds. The summed E-state index contributed by atoms with van der Waals surface area (Å²) in [6.07, 6.45) is 0.124. The van der Waals surface area contributed by atoms with Crippen LogP contribution in [0.1, 0.15) is 25.8 Å². The smallest absolute Gasteiger partial charge is 0.408 e. The van der Waals surface area contributed by atoms with Crippen LogP contribution in [-0.4, -0.2) is 37.3 Å². The number of alkyl carbamates (subject to hydrolysis) is 1. The zero-order valence-corrected chi connectivity index (χ0v) is 13.5. The molecule has 1 aromatic carbocycles. The summed E-state index contributed by atoms with van der Waals surface area (Å²) in [5.41, 5.74) is 0.887. The van der Waals surface area contributed by atoms with Crippen LogP contribution in [0.15, 0.2) is 30.3 Å². The molecule has 0 aliphatic rings. The van der Waals surface area contributed by atoms with Crippen molar-refractivity contribution < 1.29 is 19.2 Å². The number of benzene rings is 1. The van der Waals surface area contributed by atoms with Crippen LogP contribution in [0, 0.1) is 5.92 Å². The van der Waals surface area contributed by atoms with Gasteiger partial charge in [0.15, 0.2) is 0 Å². The van der Waals surface area contributed by atoms with Gasteiger partial charge in [-0.25, -0.2) is 9.86 Å². The molecule has 122 valence electrons. The van der Waals surface area contributed by atoms with Gasteiger partial charge in [-0.05, 0) is 11.5 Å². The Morgan fingerprint density at radius 2 is 1.91 bits per heavy atom. The van der Waals surface area contributed by atoms with E-state index in [1.807, 2.05) is 44.2 Å². The van der Waals surface area contributed by atoms with Crippen molar-refractivity contribution in [3.8, 4) is 0 Å². The van der Waals surface area contributed by atoms with Crippen molar-refractivity contribution in [2.45, 2.75) is 32.9 Å². The first-order valence-electron chi connectivity index (χ1n) is 7.28. The maximum absolute atomic E-state index is 12.2. The summed E-state index contributed by atoms with van der Waals surface area (Å²) in [7, 11) is 2.91. The first kappa shape index (κ1) is 18.0. The fraction of sp³-hybridized carbons (Fsp3) is 0.500. The molecule has 2 atom stereocenters. The Hall–Kier alpha value is -2.08. The molecular weight excluding hydrogens is 284 g/mol. The number of ether oxygens (including phenoxy) is 1. The Morgan fingerprint density at radius 3 is 2.45 bits per heavy atom.